The van der Waals surface area contributed by atoms with Gasteiger partial charge in [-0.3, -0.25) is 4.79 Å². The SMILES string of the molecule is NC(COCC(F)(F)F)c1ccc2c(c1)C(=O)NCCC2. The Balaban J connectivity index is 2.05. The summed E-state index contributed by atoms with van der Waals surface area (Å²) in [5, 5.41) is 2.77. The fourth-order valence-corrected chi connectivity index (χ4v) is 2.23. The fourth-order valence-electron chi connectivity index (χ4n) is 2.23. The third kappa shape index (κ3) is 4.44. The van der Waals surface area contributed by atoms with Gasteiger partial charge in [0.1, 0.15) is 6.61 Å². The molecule has 2 rings (SSSR count). The number of amides is 1. The first kappa shape index (κ1) is 15.8. The lowest BCUT2D eigenvalue weighted by molar-refractivity contribution is -0.174. The maximum absolute atomic E-state index is 12.0. The van der Waals surface area contributed by atoms with E-state index in [0.717, 1.165) is 18.4 Å². The number of nitrogens with one attached hydrogen (secondary N) is 1. The lowest BCUT2D eigenvalue weighted by Gasteiger charge is -2.15. The number of benzene rings is 1. The molecule has 0 saturated heterocycles. The van der Waals surface area contributed by atoms with Crippen LogP contribution >= 0.6 is 0 Å². The second kappa shape index (κ2) is 6.44. The Labute approximate surface area is 120 Å². The molecular weight excluding hydrogens is 285 g/mol. The molecule has 0 spiro atoms. The van der Waals surface area contributed by atoms with Crippen molar-refractivity contribution in [2.24, 2.45) is 5.73 Å². The van der Waals surface area contributed by atoms with Crippen LogP contribution in [0.2, 0.25) is 0 Å². The molecule has 0 fully saturated rings. The van der Waals surface area contributed by atoms with Crippen LogP contribution in [0, 0.1) is 0 Å². The van der Waals surface area contributed by atoms with Crippen LogP contribution in [-0.4, -0.2) is 31.8 Å². The number of fused-ring (bicyclic) bond motifs is 1. The molecule has 1 aliphatic heterocycles. The Kier molecular flexibility index (Phi) is 4.84. The number of carbonyl (C=O) groups is 1. The number of rotatable bonds is 4. The van der Waals surface area contributed by atoms with Gasteiger partial charge in [-0.05, 0) is 30.0 Å². The van der Waals surface area contributed by atoms with Gasteiger partial charge in [0.25, 0.3) is 5.91 Å². The predicted molar refractivity (Wildman–Crippen MR) is 70.9 cm³/mol. The molecule has 0 aliphatic carbocycles. The first-order valence-electron chi connectivity index (χ1n) is 6.68. The van der Waals surface area contributed by atoms with Crippen LogP contribution in [0.5, 0.6) is 0 Å². The molecule has 0 saturated carbocycles. The molecule has 1 unspecified atom stereocenters. The highest BCUT2D eigenvalue weighted by molar-refractivity contribution is 5.96. The van der Waals surface area contributed by atoms with Crippen LogP contribution in [-0.2, 0) is 11.2 Å². The molecule has 0 radical (unpaired) electrons. The van der Waals surface area contributed by atoms with Gasteiger partial charge in [0.05, 0.1) is 12.6 Å². The van der Waals surface area contributed by atoms with Crippen molar-refractivity contribution in [3.63, 3.8) is 0 Å². The molecule has 0 bridgehead atoms. The zero-order valence-electron chi connectivity index (χ0n) is 11.4. The van der Waals surface area contributed by atoms with E-state index in [4.69, 9.17) is 5.73 Å². The fraction of sp³-hybridized carbons (Fsp3) is 0.500. The lowest BCUT2D eigenvalue weighted by Crippen LogP contribution is -2.25. The van der Waals surface area contributed by atoms with Crippen molar-refractivity contribution in [2.75, 3.05) is 19.8 Å². The maximum atomic E-state index is 12.0. The van der Waals surface area contributed by atoms with E-state index in [2.05, 4.69) is 10.1 Å². The van der Waals surface area contributed by atoms with Crippen molar-refractivity contribution in [1.29, 1.82) is 0 Å². The summed E-state index contributed by atoms with van der Waals surface area (Å²) in [6.45, 7) is -0.963. The van der Waals surface area contributed by atoms with Crippen molar-refractivity contribution < 1.29 is 22.7 Å². The molecule has 1 aliphatic rings. The summed E-state index contributed by atoms with van der Waals surface area (Å²) in [5.41, 5.74) is 7.87. The van der Waals surface area contributed by atoms with Crippen molar-refractivity contribution in [2.45, 2.75) is 25.1 Å². The minimum absolute atomic E-state index is 0.173. The molecule has 0 aromatic heterocycles. The number of ether oxygens (including phenoxy) is 1. The summed E-state index contributed by atoms with van der Waals surface area (Å²) >= 11 is 0. The maximum Gasteiger partial charge on any atom is 0.411 e. The molecule has 21 heavy (non-hydrogen) atoms. The molecule has 7 heteroatoms. The lowest BCUT2D eigenvalue weighted by atomic mass is 9.98. The molecule has 1 amide bonds. The number of aryl methyl sites for hydroxylation is 1. The molecule has 3 N–H and O–H groups in total. The summed E-state index contributed by atoms with van der Waals surface area (Å²) in [5.74, 6) is -0.173. The average Bonchev–Trinajstić information content (AvgIpc) is 2.59. The minimum Gasteiger partial charge on any atom is -0.370 e. The van der Waals surface area contributed by atoms with Crippen LogP contribution in [0.4, 0.5) is 13.2 Å². The molecule has 1 atom stereocenters. The Morgan fingerprint density at radius 3 is 2.86 bits per heavy atom. The van der Waals surface area contributed by atoms with E-state index in [9.17, 15) is 18.0 Å². The van der Waals surface area contributed by atoms with Gasteiger partial charge in [0, 0.05) is 12.1 Å². The molecule has 1 aromatic carbocycles. The first-order valence-corrected chi connectivity index (χ1v) is 6.68. The normalized spacial score (nSPS) is 16.9. The molecular formula is C14H17F3N2O2. The topological polar surface area (TPSA) is 64.3 Å². The molecule has 4 nitrogen and oxygen atoms in total. The Hall–Kier alpha value is -1.60. The Morgan fingerprint density at radius 1 is 1.38 bits per heavy atom. The highest BCUT2D eigenvalue weighted by Gasteiger charge is 2.28. The smallest absolute Gasteiger partial charge is 0.370 e. The summed E-state index contributed by atoms with van der Waals surface area (Å²) in [7, 11) is 0. The van der Waals surface area contributed by atoms with Gasteiger partial charge in [0.15, 0.2) is 0 Å². The standard InChI is InChI=1S/C14H17F3N2O2/c15-14(16,17)8-21-7-12(18)10-4-3-9-2-1-5-19-13(20)11(9)6-10/h3-4,6,12H,1-2,5,7-8,18H2,(H,19,20). The Morgan fingerprint density at radius 2 is 2.14 bits per heavy atom. The van der Waals surface area contributed by atoms with Gasteiger partial charge in [0.2, 0.25) is 0 Å². The summed E-state index contributed by atoms with van der Waals surface area (Å²) < 4.78 is 40.6. The van der Waals surface area contributed by atoms with Crippen LogP contribution < -0.4 is 11.1 Å². The van der Waals surface area contributed by atoms with Gasteiger partial charge in [-0.15, -0.1) is 0 Å². The Bertz CT molecular complexity index is 517. The second-order valence-electron chi connectivity index (χ2n) is 5.01. The largest absolute Gasteiger partial charge is 0.411 e. The number of halogens is 3. The molecule has 116 valence electrons. The van der Waals surface area contributed by atoms with Gasteiger partial charge in [-0.2, -0.15) is 13.2 Å². The average molecular weight is 302 g/mol. The van der Waals surface area contributed by atoms with Gasteiger partial charge in [-0.1, -0.05) is 12.1 Å². The van der Waals surface area contributed by atoms with Crippen molar-refractivity contribution in [1.82, 2.24) is 5.32 Å². The van der Waals surface area contributed by atoms with E-state index in [1.807, 2.05) is 0 Å². The van der Waals surface area contributed by atoms with Gasteiger partial charge < -0.3 is 15.8 Å². The van der Waals surface area contributed by atoms with E-state index >= 15 is 0 Å². The van der Waals surface area contributed by atoms with E-state index < -0.39 is 18.8 Å². The highest BCUT2D eigenvalue weighted by Crippen LogP contribution is 2.21. The van der Waals surface area contributed by atoms with E-state index in [1.54, 1.807) is 18.2 Å². The number of alkyl halides is 3. The van der Waals surface area contributed by atoms with Crippen molar-refractivity contribution in [3.8, 4) is 0 Å². The first-order chi connectivity index (χ1) is 9.87. The second-order valence-corrected chi connectivity index (χ2v) is 5.01. The number of hydrogen-bond donors (Lipinski definition) is 2. The monoisotopic (exact) mass is 302 g/mol. The van der Waals surface area contributed by atoms with Crippen LogP contribution in [0.15, 0.2) is 18.2 Å². The van der Waals surface area contributed by atoms with E-state index in [-0.39, 0.29) is 12.5 Å². The highest BCUT2D eigenvalue weighted by atomic mass is 19.4. The zero-order chi connectivity index (χ0) is 15.5. The zero-order valence-corrected chi connectivity index (χ0v) is 11.4. The van der Waals surface area contributed by atoms with E-state index in [0.29, 0.717) is 17.7 Å². The van der Waals surface area contributed by atoms with Crippen LogP contribution in [0.25, 0.3) is 0 Å². The van der Waals surface area contributed by atoms with Crippen LogP contribution in [0.3, 0.4) is 0 Å². The van der Waals surface area contributed by atoms with Gasteiger partial charge >= 0.3 is 6.18 Å². The summed E-state index contributed by atoms with van der Waals surface area (Å²) in [6.07, 6.45) is -2.72. The third-order valence-electron chi connectivity index (χ3n) is 3.28. The van der Waals surface area contributed by atoms with Crippen molar-refractivity contribution >= 4 is 5.91 Å². The number of hydrogen-bond acceptors (Lipinski definition) is 3. The minimum atomic E-state index is -4.37. The summed E-state index contributed by atoms with van der Waals surface area (Å²) in [4.78, 5) is 11.9. The van der Waals surface area contributed by atoms with E-state index in [1.165, 1.54) is 0 Å². The van der Waals surface area contributed by atoms with Gasteiger partial charge in [-0.25, -0.2) is 0 Å². The summed E-state index contributed by atoms with van der Waals surface area (Å²) in [6, 6.07) is 4.48. The van der Waals surface area contributed by atoms with Crippen molar-refractivity contribution in [3.05, 3.63) is 34.9 Å². The molecule has 1 heterocycles. The number of carbonyl (C=O) groups excluding carboxylic acids is 1. The molecule has 1 aromatic rings. The number of nitrogens with two attached hydrogens (primary N) is 1. The third-order valence-corrected chi connectivity index (χ3v) is 3.28. The quantitative estimate of drug-likeness (QED) is 0.893. The predicted octanol–water partition coefficient (Wildman–Crippen LogP) is 1.94. The van der Waals surface area contributed by atoms with Crippen LogP contribution in [0.1, 0.15) is 33.9 Å².